The van der Waals surface area contributed by atoms with Gasteiger partial charge in [0.1, 0.15) is 6.26 Å². The molecule has 0 spiro atoms. The minimum Gasteiger partial charge on any atom is -0.475 e. The Bertz CT molecular complexity index is 1040. The Morgan fingerprint density at radius 2 is 1.71 bits per heavy atom. The Morgan fingerprint density at radius 1 is 1.11 bits per heavy atom. The second-order valence-electron chi connectivity index (χ2n) is 8.22. The summed E-state index contributed by atoms with van der Waals surface area (Å²) in [6.07, 6.45) is -2.57. The summed E-state index contributed by atoms with van der Waals surface area (Å²) >= 11 is 0. The normalized spacial score (nSPS) is 14.6. The predicted molar refractivity (Wildman–Crippen MR) is 111 cm³/mol. The van der Waals surface area contributed by atoms with Crippen LogP contribution in [-0.4, -0.2) is 93.1 Å². The van der Waals surface area contributed by atoms with Crippen LogP contribution >= 0.6 is 0 Å². The number of aromatic nitrogens is 2. The van der Waals surface area contributed by atoms with Crippen LogP contribution in [-0.2, 0) is 4.79 Å². The summed E-state index contributed by atoms with van der Waals surface area (Å²) in [6, 6.07) is 1.37. The molecule has 0 atom stereocenters. The maximum atomic E-state index is 12.5. The molecule has 0 bridgehead atoms. The second kappa shape index (κ2) is 11.1. The van der Waals surface area contributed by atoms with Crippen LogP contribution in [0.4, 0.5) is 13.2 Å². The maximum absolute atomic E-state index is 12.5. The van der Waals surface area contributed by atoms with Crippen molar-refractivity contribution < 1.29 is 46.4 Å². The van der Waals surface area contributed by atoms with Crippen molar-refractivity contribution in [3.05, 3.63) is 35.9 Å². The van der Waals surface area contributed by atoms with Crippen molar-refractivity contribution in [1.29, 1.82) is 0 Å². The number of hydrogen-bond donors (Lipinski definition) is 2. The number of ketones is 1. The van der Waals surface area contributed by atoms with Gasteiger partial charge in [0.15, 0.2) is 23.6 Å². The highest BCUT2D eigenvalue weighted by Crippen LogP contribution is 2.14. The molecule has 0 aliphatic carbocycles. The van der Waals surface area contributed by atoms with Crippen LogP contribution in [0.2, 0.25) is 0 Å². The number of hydrogen-bond acceptors (Lipinski definition) is 9. The Hall–Kier alpha value is -3.75. The topological polar surface area (TPSA) is 159 Å². The quantitative estimate of drug-likeness (QED) is 0.553. The molecule has 35 heavy (non-hydrogen) atoms. The molecule has 3 heterocycles. The molecule has 0 aromatic carbocycles. The highest BCUT2D eigenvalue weighted by atomic mass is 19.4. The van der Waals surface area contributed by atoms with Gasteiger partial charge in [0.25, 0.3) is 11.8 Å². The number of nitrogens with one attached hydrogen (secondary N) is 1. The van der Waals surface area contributed by atoms with Gasteiger partial charge >= 0.3 is 12.1 Å². The molecule has 2 aromatic rings. The van der Waals surface area contributed by atoms with E-state index in [2.05, 4.69) is 20.4 Å². The summed E-state index contributed by atoms with van der Waals surface area (Å²) in [5, 5.41) is 13.8. The van der Waals surface area contributed by atoms with Crippen LogP contribution in [0.25, 0.3) is 0 Å². The number of carboxylic acid groups (broad SMARTS) is 1. The smallest absolute Gasteiger partial charge is 0.475 e. The summed E-state index contributed by atoms with van der Waals surface area (Å²) in [5.41, 5.74) is -0.107. The molecule has 192 valence electrons. The van der Waals surface area contributed by atoms with Gasteiger partial charge in [-0.3, -0.25) is 19.3 Å². The molecular formula is C20H24F3N5O7. The molecule has 0 saturated carbocycles. The van der Waals surface area contributed by atoms with Crippen LogP contribution < -0.4 is 5.32 Å². The van der Waals surface area contributed by atoms with Crippen molar-refractivity contribution in [3.63, 3.8) is 0 Å². The number of amides is 2. The Balaban J connectivity index is 0.000000540. The zero-order chi connectivity index (χ0) is 26.4. The van der Waals surface area contributed by atoms with Crippen molar-refractivity contribution in [2.24, 2.45) is 0 Å². The minimum absolute atomic E-state index is 0.0755. The highest BCUT2D eigenvalue weighted by molar-refractivity contribution is 5.97. The van der Waals surface area contributed by atoms with Crippen molar-refractivity contribution in [2.75, 3.05) is 32.7 Å². The number of oxazole rings is 1. The molecule has 1 saturated heterocycles. The van der Waals surface area contributed by atoms with Crippen LogP contribution in [0, 0.1) is 0 Å². The fourth-order valence-corrected chi connectivity index (χ4v) is 3.11. The van der Waals surface area contributed by atoms with Gasteiger partial charge in [-0.2, -0.15) is 13.2 Å². The third-order valence-electron chi connectivity index (χ3n) is 4.71. The molecular weight excluding hydrogens is 479 g/mol. The first-order valence-corrected chi connectivity index (χ1v) is 10.2. The number of halogens is 3. The molecule has 12 nitrogen and oxygen atoms in total. The van der Waals surface area contributed by atoms with Gasteiger partial charge in [-0.25, -0.2) is 9.78 Å². The SMILES string of the molecule is CC(=O)c1cc(C(=O)N2CCN(CC(C)(C)NC(=O)c3cocn3)CC2)no1.O=C(O)C(F)(F)F. The zero-order valence-electron chi connectivity index (χ0n) is 19.1. The van der Waals surface area contributed by atoms with Crippen LogP contribution in [0.5, 0.6) is 0 Å². The molecule has 2 amide bonds. The molecule has 1 aliphatic rings. The molecule has 3 rings (SSSR count). The number of carbonyl (C=O) groups excluding carboxylic acids is 3. The van der Waals surface area contributed by atoms with E-state index in [1.165, 1.54) is 25.6 Å². The lowest BCUT2D eigenvalue weighted by Gasteiger charge is -2.38. The number of carbonyl (C=O) groups is 4. The summed E-state index contributed by atoms with van der Waals surface area (Å²) in [7, 11) is 0. The first kappa shape index (κ1) is 27.5. The van der Waals surface area contributed by atoms with Gasteiger partial charge in [0.2, 0.25) is 5.76 Å². The average molecular weight is 503 g/mol. The summed E-state index contributed by atoms with van der Waals surface area (Å²) in [5.74, 6) is -3.50. The Kier molecular flexibility index (Phi) is 8.73. The van der Waals surface area contributed by atoms with Crippen molar-refractivity contribution >= 4 is 23.6 Å². The molecule has 0 radical (unpaired) electrons. The van der Waals surface area contributed by atoms with Gasteiger partial charge in [0.05, 0.1) is 0 Å². The molecule has 2 N–H and O–H groups in total. The van der Waals surface area contributed by atoms with Crippen LogP contribution in [0.15, 0.2) is 27.7 Å². The summed E-state index contributed by atoms with van der Waals surface area (Å²) < 4.78 is 41.5. The molecule has 1 fully saturated rings. The van der Waals surface area contributed by atoms with E-state index in [-0.39, 0.29) is 34.7 Å². The second-order valence-corrected chi connectivity index (χ2v) is 8.22. The largest absolute Gasteiger partial charge is 0.490 e. The monoisotopic (exact) mass is 503 g/mol. The van der Waals surface area contributed by atoms with Crippen molar-refractivity contribution in [2.45, 2.75) is 32.5 Å². The highest BCUT2D eigenvalue weighted by Gasteiger charge is 2.38. The van der Waals surface area contributed by atoms with E-state index < -0.39 is 17.7 Å². The molecule has 1 aliphatic heterocycles. The number of piperazine rings is 1. The number of Topliss-reactive ketones (excluding diaryl/α,β-unsaturated/α-hetero) is 1. The Morgan fingerprint density at radius 3 is 2.17 bits per heavy atom. The third-order valence-corrected chi connectivity index (χ3v) is 4.71. The van der Waals surface area contributed by atoms with Gasteiger partial charge in [0, 0.05) is 51.3 Å². The third kappa shape index (κ3) is 8.20. The lowest BCUT2D eigenvalue weighted by Crippen LogP contribution is -2.56. The number of aliphatic carboxylic acids is 1. The fraction of sp³-hybridized carbons (Fsp3) is 0.500. The Labute approximate surface area is 197 Å². The van der Waals surface area contributed by atoms with Crippen molar-refractivity contribution in [1.82, 2.24) is 25.3 Å². The van der Waals surface area contributed by atoms with E-state index in [1.807, 2.05) is 13.8 Å². The zero-order valence-corrected chi connectivity index (χ0v) is 19.1. The molecule has 2 aromatic heterocycles. The summed E-state index contributed by atoms with van der Waals surface area (Å²) in [4.78, 5) is 52.6. The number of nitrogens with zero attached hydrogens (tertiary/aromatic N) is 4. The standard InChI is InChI=1S/C18H23N5O5.C2HF3O2/c1-12(24)15-8-13(21-28-15)17(26)23-6-4-22(5-7-23)10-18(2,3)20-16(25)14-9-27-11-19-14;3-2(4,5)1(6)7/h8-9,11H,4-7,10H2,1-3H3,(H,20,25);(H,6,7). The number of carboxylic acids is 1. The lowest BCUT2D eigenvalue weighted by molar-refractivity contribution is -0.192. The predicted octanol–water partition coefficient (Wildman–Crippen LogP) is 1.46. The van der Waals surface area contributed by atoms with E-state index in [0.717, 1.165) is 0 Å². The summed E-state index contributed by atoms with van der Waals surface area (Å²) in [6.45, 7) is 8.21. The first-order chi connectivity index (χ1) is 16.2. The van der Waals surface area contributed by atoms with E-state index in [0.29, 0.717) is 32.7 Å². The molecule has 15 heteroatoms. The number of alkyl halides is 3. The average Bonchev–Trinajstić information content (AvgIpc) is 3.45. The van der Waals surface area contributed by atoms with Gasteiger partial charge < -0.3 is 24.3 Å². The van der Waals surface area contributed by atoms with E-state index >= 15 is 0 Å². The van der Waals surface area contributed by atoms with Gasteiger partial charge in [-0.05, 0) is 13.8 Å². The van der Waals surface area contributed by atoms with Crippen LogP contribution in [0.3, 0.4) is 0 Å². The molecule has 0 unspecified atom stereocenters. The van der Waals surface area contributed by atoms with E-state index in [4.69, 9.17) is 18.8 Å². The van der Waals surface area contributed by atoms with E-state index in [1.54, 1.807) is 4.90 Å². The fourth-order valence-electron chi connectivity index (χ4n) is 3.11. The minimum atomic E-state index is -5.08. The maximum Gasteiger partial charge on any atom is 0.490 e. The first-order valence-electron chi connectivity index (χ1n) is 10.2. The van der Waals surface area contributed by atoms with E-state index in [9.17, 15) is 27.6 Å². The van der Waals surface area contributed by atoms with Gasteiger partial charge in [-0.15, -0.1) is 0 Å². The lowest BCUT2D eigenvalue weighted by atomic mass is 10.0. The number of rotatable bonds is 6. The van der Waals surface area contributed by atoms with Crippen LogP contribution in [0.1, 0.15) is 52.3 Å². The van der Waals surface area contributed by atoms with Crippen molar-refractivity contribution in [3.8, 4) is 0 Å². The van der Waals surface area contributed by atoms with Gasteiger partial charge in [-0.1, -0.05) is 5.16 Å².